The molecule has 0 N–H and O–H groups in total. The van der Waals surface area contributed by atoms with Crippen LogP contribution in [0, 0.1) is 0 Å². The minimum atomic E-state index is -0.532. The topological polar surface area (TPSA) is 42.4 Å². The second-order valence-electron chi connectivity index (χ2n) is 16.6. The van der Waals surface area contributed by atoms with Gasteiger partial charge in [0.2, 0.25) is 5.89 Å². The lowest BCUT2D eigenvalue weighted by atomic mass is 9.68. The molecule has 1 aliphatic rings. The van der Waals surface area contributed by atoms with E-state index >= 15 is 0 Å². The Labute approximate surface area is 369 Å². The second kappa shape index (κ2) is 14.3. The molecule has 0 unspecified atom stereocenters. The van der Waals surface area contributed by atoms with E-state index in [0.29, 0.717) is 5.89 Å². The van der Waals surface area contributed by atoms with Crippen molar-refractivity contribution in [3.8, 4) is 33.7 Å². The third kappa shape index (κ3) is 5.33. The first-order valence-corrected chi connectivity index (χ1v) is 21.8. The fraction of sp³-hybridized carbons (Fsp3) is 0.0167. The molecule has 300 valence electrons. The van der Waals surface area contributed by atoms with Crippen molar-refractivity contribution in [3.05, 3.63) is 253 Å². The third-order valence-corrected chi connectivity index (χ3v) is 13.2. The lowest BCUT2D eigenvalue weighted by molar-refractivity contribution is 0.621. The predicted octanol–water partition coefficient (Wildman–Crippen LogP) is 16.0. The Bertz CT molecular complexity index is 3650. The molecule has 10 aromatic carbocycles. The van der Waals surface area contributed by atoms with Crippen LogP contribution in [0.3, 0.4) is 0 Å². The number of hydrogen-bond donors (Lipinski definition) is 0. The van der Waals surface area contributed by atoms with Crippen LogP contribution in [0.25, 0.3) is 77.5 Å². The van der Waals surface area contributed by atoms with Crippen molar-refractivity contribution in [2.45, 2.75) is 5.41 Å². The van der Waals surface area contributed by atoms with E-state index in [1.54, 1.807) is 0 Å². The minimum Gasteiger partial charge on any atom is -0.455 e. The van der Waals surface area contributed by atoms with Crippen LogP contribution in [0.1, 0.15) is 22.3 Å². The highest BCUT2D eigenvalue weighted by Crippen LogP contribution is 2.58. The first-order chi connectivity index (χ1) is 31.8. The van der Waals surface area contributed by atoms with Gasteiger partial charge < -0.3 is 13.7 Å². The van der Waals surface area contributed by atoms with E-state index in [0.717, 1.165) is 77.6 Å². The summed E-state index contributed by atoms with van der Waals surface area (Å²) in [6, 6.07) is 82.2. The summed E-state index contributed by atoms with van der Waals surface area (Å²) in [5, 5.41) is 3.98. The highest BCUT2D eigenvalue weighted by molar-refractivity contribution is 6.27. The summed E-state index contributed by atoms with van der Waals surface area (Å²) in [4.78, 5) is 7.64. The lowest BCUT2D eigenvalue weighted by Gasteiger charge is -2.34. The molecule has 13 rings (SSSR count). The zero-order chi connectivity index (χ0) is 42.2. The van der Waals surface area contributed by atoms with Crippen LogP contribution in [0.4, 0.5) is 17.1 Å². The molecule has 0 amide bonds. The highest BCUT2D eigenvalue weighted by Gasteiger charge is 2.46. The number of anilines is 3. The maximum atomic E-state index is 6.92. The molecular formula is C60H38N2O2. The molecule has 0 bridgehead atoms. The number of benzene rings is 10. The van der Waals surface area contributed by atoms with E-state index in [9.17, 15) is 0 Å². The summed E-state index contributed by atoms with van der Waals surface area (Å²) < 4.78 is 13.7. The number of hydrogen-bond acceptors (Lipinski definition) is 4. The van der Waals surface area contributed by atoms with Gasteiger partial charge in [0.05, 0.1) is 22.1 Å². The average molecular weight is 819 g/mol. The molecular weight excluding hydrogens is 781 g/mol. The van der Waals surface area contributed by atoms with Crippen LogP contribution in [-0.2, 0) is 5.41 Å². The van der Waals surface area contributed by atoms with Crippen molar-refractivity contribution in [1.82, 2.24) is 4.98 Å². The highest BCUT2D eigenvalue weighted by atomic mass is 16.3. The molecule has 0 aliphatic heterocycles. The van der Waals surface area contributed by atoms with Crippen molar-refractivity contribution in [1.29, 1.82) is 0 Å². The molecule has 0 radical (unpaired) electrons. The monoisotopic (exact) mass is 818 g/mol. The van der Waals surface area contributed by atoms with Crippen LogP contribution in [-0.4, -0.2) is 4.98 Å². The molecule has 0 atom stereocenters. The first-order valence-electron chi connectivity index (χ1n) is 21.8. The molecule has 12 aromatic rings. The van der Waals surface area contributed by atoms with Crippen LogP contribution >= 0.6 is 0 Å². The Kier molecular flexibility index (Phi) is 8.09. The lowest BCUT2D eigenvalue weighted by Crippen LogP contribution is -2.28. The molecule has 4 nitrogen and oxygen atoms in total. The maximum absolute atomic E-state index is 6.92. The number of fused-ring (bicyclic) bond motifs is 9. The Hall–Kier alpha value is -8.47. The van der Waals surface area contributed by atoms with Gasteiger partial charge in [0.1, 0.15) is 16.7 Å². The molecule has 2 heterocycles. The van der Waals surface area contributed by atoms with Crippen molar-refractivity contribution >= 4 is 60.9 Å². The normalized spacial score (nSPS) is 12.8. The van der Waals surface area contributed by atoms with Crippen molar-refractivity contribution in [2.75, 3.05) is 4.90 Å². The standard InChI is InChI=1S/C60H38N2O2/c1-4-18-39(19-5-1)40-32-34-43(35-33-40)62(44-36-37-51-49(38-44)45-24-12-14-28-50(45)60(51,41-20-6-2-7-21-41)42-22-8-3-9-23-42)57-55-48-27-13-16-30-53(48)63-58(55)47-26-11-10-25-46(47)56(57)59-61-52-29-15-17-31-54(52)64-59/h1-38H. The van der Waals surface area contributed by atoms with Crippen LogP contribution in [0.15, 0.2) is 239 Å². The van der Waals surface area contributed by atoms with Crippen molar-refractivity contribution in [2.24, 2.45) is 0 Å². The number of oxazole rings is 1. The second-order valence-corrected chi connectivity index (χ2v) is 16.6. The maximum Gasteiger partial charge on any atom is 0.230 e. The summed E-state index contributed by atoms with van der Waals surface area (Å²) in [5.74, 6) is 0.546. The van der Waals surface area contributed by atoms with Gasteiger partial charge in [-0.05, 0) is 87.0 Å². The van der Waals surface area contributed by atoms with E-state index in [-0.39, 0.29) is 0 Å². The Balaban J connectivity index is 1.16. The third-order valence-electron chi connectivity index (χ3n) is 13.2. The largest absolute Gasteiger partial charge is 0.455 e. The van der Waals surface area contributed by atoms with Gasteiger partial charge in [0.15, 0.2) is 5.58 Å². The average Bonchev–Trinajstić information content (AvgIpc) is 4.06. The zero-order valence-corrected chi connectivity index (χ0v) is 34.7. The van der Waals surface area contributed by atoms with Gasteiger partial charge in [-0.15, -0.1) is 0 Å². The number of nitrogens with zero attached hydrogens (tertiary/aromatic N) is 2. The van der Waals surface area contributed by atoms with Crippen LogP contribution in [0.5, 0.6) is 0 Å². The molecule has 0 spiro atoms. The SMILES string of the molecule is c1ccc(-c2ccc(N(c3ccc4c(c3)-c3ccccc3C4(c3ccccc3)c3ccccc3)c3c(-c4nc5ccccc5o4)c4ccccc4c4oc5ccccc5c34)cc2)cc1. The van der Waals surface area contributed by atoms with Gasteiger partial charge >= 0.3 is 0 Å². The van der Waals surface area contributed by atoms with E-state index in [1.807, 2.05) is 30.3 Å². The van der Waals surface area contributed by atoms with Crippen LogP contribution < -0.4 is 4.90 Å². The summed E-state index contributed by atoms with van der Waals surface area (Å²) >= 11 is 0. The molecule has 0 fully saturated rings. The van der Waals surface area contributed by atoms with E-state index in [2.05, 4.69) is 205 Å². The molecule has 1 aliphatic carbocycles. The summed E-state index contributed by atoms with van der Waals surface area (Å²) in [7, 11) is 0. The summed E-state index contributed by atoms with van der Waals surface area (Å²) in [5.41, 5.74) is 16.1. The fourth-order valence-electron chi connectivity index (χ4n) is 10.5. The van der Waals surface area contributed by atoms with E-state index < -0.39 is 5.41 Å². The fourth-order valence-corrected chi connectivity index (χ4v) is 10.5. The van der Waals surface area contributed by atoms with Gasteiger partial charge in [-0.1, -0.05) is 188 Å². The quantitative estimate of drug-likeness (QED) is 0.161. The number of rotatable bonds is 7. The van der Waals surface area contributed by atoms with Gasteiger partial charge in [-0.2, -0.15) is 0 Å². The molecule has 64 heavy (non-hydrogen) atoms. The molecule has 0 saturated heterocycles. The van der Waals surface area contributed by atoms with Gasteiger partial charge in [0, 0.05) is 27.5 Å². The number of furan rings is 1. The first kappa shape index (κ1) is 36.2. The van der Waals surface area contributed by atoms with E-state index in [1.165, 1.54) is 33.4 Å². The number of aromatic nitrogens is 1. The number of para-hydroxylation sites is 3. The Morgan fingerprint density at radius 3 is 1.70 bits per heavy atom. The summed E-state index contributed by atoms with van der Waals surface area (Å²) in [6.45, 7) is 0. The van der Waals surface area contributed by atoms with E-state index in [4.69, 9.17) is 13.8 Å². The minimum absolute atomic E-state index is 0.532. The van der Waals surface area contributed by atoms with Gasteiger partial charge in [-0.3, -0.25) is 0 Å². The molecule has 0 saturated carbocycles. The molecule has 2 aromatic heterocycles. The Morgan fingerprint density at radius 1 is 0.406 bits per heavy atom. The Morgan fingerprint density at radius 2 is 0.969 bits per heavy atom. The smallest absolute Gasteiger partial charge is 0.230 e. The van der Waals surface area contributed by atoms with Gasteiger partial charge in [0.25, 0.3) is 0 Å². The van der Waals surface area contributed by atoms with Crippen molar-refractivity contribution < 1.29 is 8.83 Å². The zero-order valence-electron chi connectivity index (χ0n) is 34.7. The molecule has 4 heteroatoms. The summed E-state index contributed by atoms with van der Waals surface area (Å²) in [6.07, 6.45) is 0. The van der Waals surface area contributed by atoms with Gasteiger partial charge in [-0.25, -0.2) is 4.98 Å². The van der Waals surface area contributed by atoms with Crippen LogP contribution in [0.2, 0.25) is 0 Å². The predicted molar refractivity (Wildman–Crippen MR) is 262 cm³/mol. The van der Waals surface area contributed by atoms with Crippen molar-refractivity contribution in [3.63, 3.8) is 0 Å².